The predicted molar refractivity (Wildman–Crippen MR) is 63.6 cm³/mol. The molecule has 0 saturated heterocycles. The molecule has 0 atom stereocenters. The lowest BCUT2D eigenvalue weighted by molar-refractivity contribution is -0.116. The number of carbonyl (C=O) groups excluding carboxylic acids is 2. The Kier molecular flexibility index (Phi) is 5.43. The zero-order valence-electron chi connectivity index (χ0n) is 9.16. The number of ketones is 1. The highest BCUT2D eigenvalue weighted by molar-refractivity contribution is 5.89. The summed E-state index contributed by atoms with van der Waals surface area (Å²) in [7, 11) is 1.35. The van der Waals surface area contributed by atoms with Crippen LogP contribution in [-0.4, -0.2) is 18.9 Å². The number of hydrogen-bond acceptors (Lipinski definition) is 3. The molecule has 0 aromatic heterocycles. The average molecular weight is 222 g/mol. The highest BCUT2D eigenvalue weighted by Crippen LogP contribution is 2.12. The van der Waals surface area contributed by atoms with Crippen molar-refractivity contribution in [3.63, 3.8) is 0 Å². The molecule has 0 saturated carbocycles. The quantitative estimate of drug-likeness (QED) is 0.738. The maximum absolute atomic E-state index is 11.2. The molecule has 0 aliphatic rings. The summed E-state index contributed by atoms with van der Waals surface area (Å²) in [5.41, 5.74) is 2.41. The van der Waals surface area contributed by atoms with Gasteiger partial charge in [0, 0.05) is 6.42 Å². The minimum absolute atomic E-state index is 0. The molecular formula is C13H18O3. The first kappa shape index (κ1) is 14.4. The molecule has 0 radical (unpaired) electrons. The molecule has 1 rings (SSSR count). The van der Waals surface area contributed by atoms with Crippen molar-refractivity contribution in [3.8, 4) is 0 Å². The van der Waals surface area contributed by atoms with Crippen molar-refractivity contribution >= 4 is 11.8 Å². The molecule has 0 unspecified atom stereocenters. The van der Waals surface area contributed by atoms with Crippen LogP contribution in [0.1, 0.15) is 35.8 Å². The fraction of sp³-hybridized carbons (Fsp3) is 0.385. The maximum Gasteiger partial charge on any atom is 0.337 e. The lowest BCUT2D eigenvalue weighted by Gasteiger charge is -2.05. The molecule has 16 heavy (non-hydrogen) atoms. The van der Waals surface area contributed by atoms with Crippen LogP contribution >= 0.6 is 0 Å². The monoisotopic (exact) mass is 222 g/mol. The third kappa shape index (κ3) is 3.50. The van der Waals surface area contributed by atoms with E-state index in [4.69, 9.17) is 0 Å². The first-order valence-electron chi connectivity index (χ1n) is 4.72. The van der Waals surface area contributed by atoms with Gasteiger partial charge in [0.25, 0.3) is 0 Å². The lowest BCUT2D eigenvalue weighted by atomic mass is 10.0. The van der Waals surface area contributed by atoms with Gasteiger partial charge in [-0.05, 0) is 37.1 Å². The molecule has 1 aromatic carbocycles. The number of aryl methyl sites for hydroxylation is 1. The smallest absolute Gasteiger partial charge is 0.337 e. The van der Waals surface area contributed by atoms with E-state index in [0.29, 0.717) is 12.0 Å². The van der Waals surface area contributed by atoms with E-state index in [0.717, 1.165) is 11.1 Å². The highest BCUT2D eigenvalue weighted by atomic mass is 16.5. The van der Waals surface area contributed by atoms with Crippen LogP contribution in [0.15, 0.2) is 18.2 Å². The summed E-state index contributed by atoms with van der Waals surface area (Å²) in [4.78, 5) is 22.2. The van der Waals surface area contributed by atoms with Crippen LogP contribution in [0.2, 0.25) is 0 Å². The van der Waals surface area contributed by atoms with E-state index in [-0.39, 0.29) is 19.2 Å². The Hall–Kier alpha value is -1.64. The Balaban J connectivity index is 0.00000225. The second kappa shape index (κ2) is 6.05. The van der Waals surface area contributed by atoms with Crippen molar-refractivity contribution in [2.75, 3.05) is 7.11 Å². The summed E-state index contributed by atoms with van der Waals surface area (Å²) in [5, 5.41) is 0. The number of esters is 1. The van der Waals surface area contributed by atoms with Gasteiger partial charge in [-0.1, -0.05) is 13.5 Å². The molecule has 0 spiro atoms. The lowest BCUT2D eigenvalue weighted by Crippen LogP contribution is -2.04. The Morgan fingerprint density at radius 2 is 1.94 bits per heavy atom. The summed E-state index contributed by atoms with van der Waals surface area (Å²) in [6, 6.07) is 5.21. The predicted octanol–water partition coefficient (Wildman–Crippen LogP) is 2.55. The SMILES string of the molecule is C.COC(=O)c1ccc(CC(C)=O)c(C)c1. The molecular weight excluding hydrogens is 204 g/mol. The number of benzene rings is 1. The molecule has 3 nitrogen and oxygen atoms in total. The molecule has 0 N–H and O–H groups in total. The van der Waals surface area contributed by atoms with Crippen molar-refractivity contribution in [2.45, 2.75) is 27.7 Å². The summed E-state index contributed by atoms with van der Waals surface area (Å²) in [5.74, 6) is -0.239. The fourth-order valence-electron chi connectivity index (χ4n) is 1.41. The van der Waals surface area contributed by atoms with Crippen LogP contribution in [0.3, 0.4) is 0 Å². The molecule has 3 heteroatoms. The zero-order chi connectivity index (χ0) is 11.4. The van der Waals surface area contributed by atoms with Gasteiger partial charge in [0.2, 0.25) is 0 Å². The van der Waals surface area contributed by atoms with Gasteiger partial charge in [0.15, 0.2) is 0 Å². The maximum atomic E-state index is 11.2. The fourth-order valence-corrected chi connectivity index (χ4v) is 1.41. The summed E-state index contributed by atoms with van der Waals surface area (Å²) < 4.78 is 4.61. The van der Waals surface area contributed by atoms with Crippen molar-refractivity contribution in [1.29, 1.82) is 0 Å². The van der Waals surface area contributed by atoms with Crippen LogP contribution in [0, 0.1) is 6.92 Å². The average Bonchev–Trinajstić information content (AvgIpc) is 2.19. The first-order valence-corrected chi connectivity index (χ1v) is 4.72. The zero-order valence-corrected chi connectivity index (χ0v) is 9.16. The Bertz CT molecular complexity index is 394. The van der Waals surface area contributed by atoms with E-state index in [9.17, 15) is 9.59 Å². The van der Waals surface area contributed by atoms with E-state index in [1.807, 2.05) is 6.92 Å². The van der Waals surface area contributed by atoms with Gasteiger partial charge in [-0.15, -0.1) is 0 Å². The molecule has 0 fully saturated rings. The molecule has 0 heterocycles. The largest absolute Gasteiger partial charge is 0.465 e. The number of ether oxygens (including phenoxy) is 1. The standard InChI is InChI=1S/C12H14O3.CH4/c1-8-6-11(12(14)15-3)5-4-10(8)7-9(2)13;/h4-6H,7H2,1-3H3;1H4. The molecule has 0 amide bonds. The summed E-state index contributed by atoms with van der Waals surface area (Å²) >= 11 is 0. The van der Waals surface area contributed by atoms with E-state index in [2.05, 4.69) is 4.74 Å². The Labute approximate surface area is 96.4 Å². The minimum Gasteiger partial charge on any atom is -0.465 e. The van der Waals surface area contributed by atoms with Crippen LogP contribution in [0.5, 0.6) is 0 Å². The second-order valence-electron chi connectivity index (χ2n) is 3.51. The van der Waals surface area contributed by atoms with Crippen molar-refractivity contribution in [2.24, 2.45) is 0 Å². The van der Waals surface area contributed by atoms with Crippen LogP contribution in [-0.2, 0) is 16.0 Å². The molecule has 88 valence electrons. The van der Waals surface area contributed by atoms with Crippen molar-refractivity contribution in [1.82, 2.24) is 0 Å². The van der Waals surface area contributed by atoms with E-state index in [1.54, 1.807) is 25.1 Å². The van der Waals surface area contributed by atoms with Gasteiger partial charge in [-0.25, -0.2) is 4.79 Å². The Morgan fingerprint density at radius 3 is 2.38 bits per heavy atom. The van der Waals surface area contributed by atoms with Gasteiger partial charge in [-0.3, -0.25) is 4.79 Å². The molecule has 0 bridgehead atoms. The van der Waals surface area contributed by atoms with E-state index < -0.39 is 0 Å². The van der Waals surface area contributed by atoms with Gasteiger partial charge in [-0.2, -0.15) is 0 Å². The van der Waals surface area contributed by atoms with Gasteiger partial charge in [0.1, 0.15) is 5.78 Å². The van der Waals surface area contributed by atoms with Crippen LogP contribution in [0.25, 0.3) is 0 Å². The Morgan fingerprint density at radius 1 is 1.31 bits per heavy atom. The molecule has 0 aliphatic heterocycles. The number of Topliss-reactive ketones (excluding diaryl/α,β-unsaturated/α-hetero) is 1. The van der Waals surface area contributed by atoms with Crippen LogP contribution in [0.4, 0.5) is 0 Å². The summed E-state index contributed by atoms with van der Waals surface area (Å²) in [6.07, 6.45) is 0.410. The third-order valence-electron chi connectivity index (χ3n) is 2.20. The topological polar surface area (TPSA) is 43.4 Å². The highest BCUT2D eigenvalue weighted by Gasteiger charge is 2.08. The van der Waals surface area contributed by atoms with E-state index >= 15 is 0 Å². The van der Waals surface area contributed by atoms with Crippen LogP contribution < -0.4 is 0 Å². The van der Waals surface area contributed by atoms with Gasteiger partial charge < -0.3 is 4.74 Å². The van der Waals surface area contributed by atoms with Crippen molar-refractivity contribution < 1.29 is 14.3 Å². The number of carbonyl (C=O) groups is 2. The van der Waals surface area contributed by atoms with E-state index in [1.165, 1.54) is 7.11 Å². The molecule has 0 aliphatic carbocycles. The normalized spacial score (nSPS) is 9.19. The second-order valence-corrected chi connectivity index (χ2v) is 3.51. The number of methoxy groups -OCH3 is 1. The van der Waals surface area contributed by atoms with Gasteiger partial charge >= 0.3 is 5.97 Å². The number of hydrogen-bond donors (Lipinski definition) is 0. The molecule has 1 aromatic rings. The number of rotatable bonds is 3. The van der Waals surface area contributed by atoms with Crippen molar-refractivity contribution in [3.05, 3.63) is 34.9 Å². The third-order valence-corrected chi connectivity index (χ3v) is 2.20. The minimum atomic E-state index is -0.354. The van der Waals surface area contributed by atoms with Gasteiger partial charge in [0.05, 0.1) is 12.7 Å². The summed E-state index contributed by atoms with van der Waals surface area (Å²) in [6.45, 7) is 3.43. The first-order chi connectivity index (χ1) is 7.04.